The second kappa shape index (κ2) is 7.24. The van der Waals surface area contributed by atoms with Gasteiger partial charge in [0.1, 0.15) is 5.75 Å². The lowest BCUT2D eigenvalue weighted by Crippen LogP contribution is -2.44. The molecule has 21 heavy (non-hydrogen) atoms. The summed E-state index contributed by atoms with van der Waals surface area (Å²) in [6, 6.07) is 6.37. The van der Waals surface area contributed by atoms with Gasteiger partial charge in [-0.3, -0.25) is 0 Å². The Balaban J connectivity index is 2.90. The van der Waals surface area contributed by atoms with Crippen LogP contribution in [0.15, 0.2) is 29.2 Å². The SMILES string of the molecule is CCC(C)(C)N(C)S(=O)(=O)c1ccc(OCCCO)cc1. The lowest BCUT2D eigenvalue weighted by Gasteiger charge is -2.33. The molecule has 0 spiro atoms. The second-order valence-corrected chi connectivity index (χ2v) is 7.50. The van der Waals surface area contributed by atoms with Crippen molar-refractivity contribution in [1.29, 1.82) is 0 Å². The summed E-state index contributed by atoms with van der Waals surface area (Å²) in [4.78, 5) is 0.251. The maximum atomic E-state index is 12.6. The molecule has 5 nitrogen and oxygen atoms in total. The molecular weight excluding hydrogens is 290 g/mol. The van der Waals surface area contributed by atoms with Crippen molar-refractivity contribution in [3.8, 4) is 5.75 Å². The fourth-order valence-electron chi connectivity index (χ4n) is 1.67. The van der Waals surface area contributed by atoms with E-state index in [0.29, 0.717) is 18.8 Å². The van der Waals surface area contributed by atoms with E-state index in [4.69, 9.17) is 9.84 Å². The highest BCUT2D eigenvalue weighted by Crippen LogP contribution is 2.26. The Morgan fingerprint density at radius 1 is 1.24 bits per heavy atom. The van der Waals surface area contributed by atoms with Gasteiger partial charge >= 0.3 is 0 Å². The number of hydrogen-bond acceptors (Lipinski definition) is 4. The van der Waals surface area contributed by atoms with Crippen molar-refractivity contribution in [2.45, 2.75) is 44.0 Å². The minimum absolute atomic E-state index is 0.0728. The van der Waals surface area contributed by atoms with Gasteiger partial charge in [0.2, 0.25) is 10.0 Å². The summed E-state index contributed by atoms with van der Waals surface area (Å²) in [5.74, 6) is 0.597. The van der Waals surface area contributed by atoms with E-state index in [9.17, 15) is 8.42 Å². The van der Waals surface area contributed by atoms with Crippen LogP contribution in [0.4, 0.5) is 0 Å². The van der Waals surface area contributed by atoms with Gasteiger partial charge in [0.25, 0.3) is 0 Å². The predicted molar refractivity (Wildman–Crippen MR) is 83.0 cm³/mol. The fraction of sp³-hybridized carbons (Fsp3) is 0.600. The minimum Gasteiger partial charge on any atom is -0.494 e. The van der Waals surface area contributed by atoms with E-state index in [1.165, 1.54) is 4.31 Å². The molecule has 0 amide bonds. The molecule has 0 saturated carbocycles. The number of rotatable bonds is 8. The quantitative estimate of drug-likeness (QED) is 0.747. The normalized spacial score (nSPS) is 12.7. The van der Waals surface area contributed by atoms with Gasteiger partial charge in [-0.05, 0) is 44.5 Å². The Labute approximate surface area is 127 Å². The number of hydrogen-bond donors (Lipinski definition) is 1. The standard InChI is InChI=1S/C15H25NO4S/c1-5-15(2,3)16(4)21(18,19)14-9-7-13(8-10-14)20-12-6-11-17/h7-10,17H,5-6,11-12H2,1-4H3. The Bertz CT molecular complexity index is 537. The van der Waals surface area contributed by atoms with Crippen LogP contribution in [0.5, 0.6) is 5.75 Å². The Hall–Kier alpha value is -1.11. The molecule has 120 valence electrons. The lowest BCUT2D eigenvalue weighted by atomic mass is 10.0. The van der Waals surface area contributed by atoms with Crippen molar-refractivity contribution < 1.29 is 18.3 Å². The maximum Gasteiger partial charge on any atom is 0.243 e. The van der Waals surface area contributed by atoms with Gasteiger partial charge < -0.3 is 9.84 Å². The molecule has 0 bridgehead atoms. The first kappa shape index (κ1) is 17.9. The predicted octanol–water partition coefficient (Wildman–Crippen LogP) is 2.26. The monoisotopic (exact) mass is 315 g/mol. The van der Waals surface area contributed by atoms with Crippen molar-refractivity contribution in [2.24, 2.45) is 0 Å². The van der Waals surface area contributed by atoms with Gasteiger partial charge in [0.15, 0.2) is 0 Å². The number of aliphatic hydroxyl groups excluding tert-OH is 1. The highest BCUT2D eigenvalue weighted by molar-refractivity contribution is 7.89. The molecule has 0 unspecified atom stereocenters. The van der Waals surface area contributed by atoms with Crippen LogP contribution >= 0.6 is 0 Å². The molecule has 0 aliphatic carbocycles. The summed E-state index contributed by atoms with van der Waals surface area (Å²) in [6.07, 6.45) is 1.28. The summed E-state index contributed by atoms with van der Waals surface area (Å²) in [6.45, 7) is 6.24. The van der Waals surface area contributed by atoms with Crippen LogP contribution in [0, 0.1) is 0 Å². The molecule has 6 heteroatoms. The molecule has 1 rings (SSSR count). The molecule has 0 aliphatic rings. The third-order valence-corrected chi connectivity index (χ3v) is 5.85. The first-order valence-electron chi connectivity index (χ1n) is 7.08. The highest BCUT2D eigenvalue weighted by Gasteiger charge is 2.32. The van der Waals surface area contributed by atoms with Gasteiger partial charge in [-0.25, -0.2) is 8.42 Å². The third kappa shape index (κ3) is 4.43. The van der Waals surface area contributed by atoms with Gasteiger partial charge in [-0.15, -0.1) is 0 Å². The smallest absolute Gasteiger partial charge is 0.243 e. The molecule has 0 atom stereocenters. The Morgan fingerprint density at radius 3 is 2.29 bits per heavy atom. The van der Waals surface area contributed by atoms with E-state index in [1.54, 1.807) is 31.3 Å². The van der Waals surface area contributed by atoms with E-state index >= 15 is 0 Å². The number of sulfonamides is 1. The molecule has 0 aromatic heterocycles. The number of ether oxygens (including phenoxy) is 1. The molecule has 0 fully saturated rings. The summed E-state index contributed by atoms with van der Waals surface area (Å²) in [5, 5.41) is 8.69. The van der Waals surface area contributed by atoms with Crippen LogP contribution in [0.1, 0.15) is 33.6 Å². The Kier molecular flexibility index (Phi) is 6.19. The van der Waals surface area contributed by atoms with Crippen molar-refractivity contribution in [2.75, 3.05) is 20.3 Å². The van der Waals surface area contributed by atoms with E-state index in [1.807, 2.05) is 20.8 Å². The number of nitrogens with zero attached hydrogens (tertiary/aromatic N) is 1. The van der Waals surface area contributed by atoms with E-state index in [2.05, 4.69) is 0 Å². The van der Waals surface area contributed by atoms with Gasteiger partial charge in [0.05, 0.1) is 11.5 Å². The summed E-state index contributed by atoms with van der Waals surface area (Å²) in [5.41, 5.74) is -0.435. The van der Waals surface area contributed by atoms with Crippen LogP contribution in [0.3, 0.4) is 0 Å². The molecule has 0 saturated heterocycles. The molecular formula is C15H25NO4S. The molecule has 0 aliphatic heterocycles. The average molecular weight is 315 g/mol. The highest BCUT2D eigenvalue weighted by atomic mass is 32.2. The molecule has 1 aromatic carbocycles. The van der Waals surface area contributed by atoms with Crippen LogP contribution in [-0.4, -0.2) is 43.6 Å². The van der Waals surface area contributed by atoms with E-state index in [-0.39, 0.29) is 11.5 Å². The molecule has 0 radical (unpaired) electrons. The number of aliphatic hydroxyl groups is 1. The zero-order valence-electron chi connectivity index (χ0n) is 13.2. The zero-order chi connectivity index (χ0) is 16.1. The molecule has 0 heterocycles. The van der Waals surface area contributed by atoms with Crippen molar-refractivity contribution >= 4 is 10.0 Å². The third-order valence-electron chi connectivity index (χ3n) is 3.77. The van der Waals surface area contributed by atoms with Crippen LogP contribution in [-0.2, 0) is 10.0 Å². The fourth-order valence-corrected chi connectivity index (χ4v) is 3.24. The molecule has 1 aromatic rings. The van der Waals surface area contributed by atoms with Crippen LogP contribution < -0.4 is 4.74 Å². The summed E-state index contributed by atoms with van der Waals surface area (Å²) >= 11 is 0. The van der Waals surface area contributed by atoms with Crippen molar-refractivity contribution in [1.82, 2.24) is 4.31 Å². The summed E-state index contributed by atoms with van der Waals surface area (Å²) < 4.78 is 31.9. The van der Waals surface area contributed by atoms with Crippen molar-refractivity contribution in [3.05, 3.63) is 24.3 Å². The Morgan fingerprint density at radius 2 is 1.81 bits per heavy atom. The minimum atomic E-state index is -3.51. The molecule has 1 N–H and O–H groups in total. The first-order chi connectivity index (χ1) is 9.75. The number of benzene rings is 1. The zero-order valence-corrected chi connectivity index (χ0v) is 14.0. The first-order valence-corrected chi connectivity index (χ1v) is 8.52. The van der Waals surface area contributed by atoms with Crippen molar-refractivity contribution in [3.63, 3.8) is 0 Å². The maximum absolute atomic E-state index is 12.6. The second-order valence-electron chi connectivity index (χ2n) is 5.54. The van der Waals surface area contributed by atoms with Crippen LogP contribution in [0.25, 0.3) is 0 Å². The van der Waals surface area contributed by atoms with Crippen LogP contribution in [0.2, 0.25) is 0 Å². The van der Waals surface area contributed by atoms with Gasteiger partial charge in [-0.1, -0.05) is 6.92 Å². The van der Waals surface area contributed by atoms with Gasteiger partial charge in [0, 0.05) is 25.6 Å². The largest absolute Gasteiger partial charge is 0.494 e. The lowest BCUT2D eigenvalue weighted by molar-refractivity contribution is 0.233. The van der Waals surface area contributed by atoms with E-state index in [0.717, 1.165) is 6.42 Å². The van der Waals surface area contributed by atoms with Gasteiger partial charge in [-0.2, -0.15) is 4.31 Å². The topological polar surface area (TPSA) is 66.8 Å². The summed E-state index contributed by atoms with van der Waals surface area (Å²) in [7, 11) is -1.91. The van der Waals surface area contributed by atoms with E-state index < -0.39 is 15.6 Å². The average Bonchev–Trinajstić information content (AvgIpc) is 2.47.